The van der Waals surface area contributed by atoms with Crippen molar-refractivity contribution in [2.75, 3.05) is 0 Å². The van der Waals surface area contributed by atoms with Crippen molar-refractivity contribution in [1.29, 1.82) is 0 Å². The number of nitrogens with zero attached hydrogens (tertiary/aromatic N) is 1. The van der Waals surface area contributed by atoms with Crippen LogP contribution >= 0.6 is 22.6 Å². The monoisotopic (exact) mass is 368 g/mol. The Labute approximate surface area is 127 Å². The van der Waals surface area contributed by atoms with Gasteiger partial charge in [-0.15, -0.1) is 0 Å². The van der Waals surface area contributed by atoms with Crippen LogP contribution in [0, 0.1) is 3.57 Å². The minimum Gasteiger partial charge on any atom is -0.483 e. The van der Waals surface area contributed by atoms with E-state index < -0.39 is 0 Å². The number of hydrogen-bond acceptors (Lipinski definition) is 3. The molecule has 0 saturated heterocycles. The van der Waals surface area contributed by atoms with Crippen LogP contribution in [0.25, 0.3) is 0 Å². The first kappa shape index (κ1) is 14.3. The maximum atomic E-state index is 6.20. The van der Waals surface area contributed by atoms with E-state index in [1.807, 2.05) is 36.4 Å². The largest absolute Gasteiger partial charge is 0.483 e. The minimum absolute atomic E-state index is 0.0431. The SMILES string of the molecule is CCC(N)C(Oc1ccccc1I)c1ccncc1. The Morgan fingerprint density at radius 1 is 1.21 bits per heavy atom. The van der Waals surface area contributed by atoms with Crippen molar-refractivity contribution in [2.24, 2.45) is 5.73 Å². The van der Waals surface area contributed by atoms with Crippen LogP contribution in [-0.4, -0.2) is 11.0 Å². The van der Waals surface area contributed by atoms with Crippen molar-refractivity contribution in [3.05, 3.63) is 57.9 Å². The van der Waals surface area contributed by atoms with Gasteiger partial charge in [-0.05, 0) is 58.8 Å². The number of halogens is 1. The molecular weight excluding hydrogens is 351 g/mol. The summed E-state index contributed by atoms with van der Waals surface area (Å²) in [7, 11) is 0. The van der Waals surface area contributed by atoms with E-state index in [1.54, 1.807) is 12.4 Å². The molecule has 2 unspecified atom stereocenters. The molecule has 0 aliphatic rings. The highest BCUT2D eigenvalue weighted by Crippen LogP contribution is 2.28. The van der Waals surface area contributed by atoms with E-state index in [0.29, 0.717) is 0 Å². The molecule has 0 fully saturated rings. The molecule has 0 amide bonds. The molecule has 2 rings (SSSR count). The highest BCUT2D eigenvalue weighted by atomic mass is 127. The van der Waals surface area contributed by atoms with E-state index >= 15 is 0 Å². The van der Waals surface area contributed by atoms with Crippen molar-refractivity contribution in [3.63, 3.8) is 0 Å². The summed E-state index contributed by atoms with van der Waals surface area (Å²) in [6.07, 6.45) is 4.24. The predicted octanol–water partition coefficient (Wildman–Crippen LogP) is 3.54. The number of nitrogens with two attached hydrogens (primary N) is 1. The maximum Gasteiger partial charge on any atom is 0.139 e. The van der Waals surface area contributed by atoms with Crippen LogP contribution in [0.3, 0.4) is 0 Å². The van der Waals surface area contributed by atoms with Crippen LogP contribution in [0.15, 0.2) is 48.8 Å². The van der Waals surface area contributed by atoms with Crippen LogP contribution in [0.1, 0.15) is 25.0 Å². The molecule has 2 aromatic rings. The molecule has 1 aromatic heterocycles. The molecule has 0 spiro atoms. The molecule has 0 aliphatic heterocycles. The third-order valence-electron chi connectivity index (χ3n) is 2.99. The molecule has 1 heterocycles. The average Bonchev–Trinajstić information content (AvgIpc) is 2.46. The number of para-hydroxylation sites is 1. The zero-order valence-corrected chi connectivity index (χ0v) is 12.9. The zero-order chi connectivity index (χ0) is 13.7. The summed E-state index contributed by atoms with van der Waals surface area (Å²) in [4.78, 5) is 4.04. The number of pyridine rings is 1. The third kappa shape index (κ3) is 3.67. The summed E-state index contributed by atoms with van der Waals surface area (Å²) in [6, 6.07) is 11.8. The second kappa shape index (κ2) is 6.86. The van der Waals surface area contributed by atoms with Gasteiger partial charge in [0.1, 0.15) is 11.9 Å². The molecule has 0 aliphatic carbocycles. The summed E-state index contributed by atoms with van der Waals surface area (Å²) >= 11 is 2.27. The van der Waals surface area contributed by atoms with Gasteiger partial charge in [-0.3, -0.25) is 4.98 Å². The topological polar surface area (TPSA) is 48.1 Å². The number of hydrogen-bond donors (Lipinski definition) is 1. The van der Waals surface area contributed by atoms with Gasteiger partial charge in [0.15, 0.2) is 0 Å². The number of ether oxygens (including phenoxy) is 1. The molecule has 2 N–H and O–H groups in total. The Balaban J connectivity index is 2.27. The summed E-state index contributed by atoms with van der Waals surface area (Å²) in [5.74, 6) is 0.869. The molecule has 0 bridgehead atoms. The molecule has 100 valence electrons. The van der Waals surface area contributed by atoms with Crippen LogP contribution in [0.2, 0.25) is 0 Å². The quantitative estimate of drug-likeness (QED) is 0.822. The smallest absolute Gasteiger partial charge is 0.139 e. The highest BCUT2D eigenvalue weighted by molar-refractivity contribution is 14.1. The van der Waals surface area contributed by atoms with Crippen molar-refractivity contribution >= 4 is 22.6 Å². The van der Waals surface area contributed by atoms with Gasteiger partial charge in [-0.1, -0.05) is 19.1 Å². The van der Waals surface area contributed by atoms with Gasteiger partial charge < -0.3 is 10.5 Å². The van der Waals surface area contributed by atoms with E-state index in [-0.39, 0.29) is 12.1 Å². The van der Waals surface area contributed by atoms with E-state index in [2.05, 4.69) is 34.5 Å². The van der Waals surface area contributed by atoms with E-state index in [9.17, 15) is 0 Å². The minimum atomic E-state index is -0.149. The molecule has 0 radical (unpaired) electrons. The van der Waals surface area contributed by atoms with Gasteiger partial charge in [-0.2, -0.15) is 0 Å². The van der Waals surface area contributed by atoms with Crippen LogP contribution in [-0.2, 0) is 0 Å². The van der Waals surface area contributed by atoms with E-state index in [4.69, 9.17) is 10.5 Å². The van der Waals surface area contributed by atoms with Gasteiger partial charge in [0, 0.05) is 18.4 Å². The molecule has 2 atom stereocenters. The fourth-order valence-electron chi connectivity index (χ4n) is 1.85. The van der Waals surface area contributed by atoms with Crippen molar-refractivity contribution < 1.29 is 4.74 Å². The van der Waals surface area contributed by atoms with Crippen molar-refractivity contribution in [3.8, 4) is 5.75 Å². The Hall–Kier alpha value is -1.14. The van der Waals surface area contributed by atoms with Gasteiger partial charge in [0.2, 0.25) is 0 Å². The second-order valence-electron chi connectivity index (χ2n) is 4.32. The second-order valence-corrected chi connectivity index (χ2v) is 5.48. The first-order valence-corrected chi connectivity index (χ1v) is 7.37. The van der Waals surface area contributed by atoms with Crippen LogP contribution < -0.4 is 10.5 Å². The Kier molecular flexibility index (Phi) is 5.15. The fourth-order valence-corrected chi connectivity index (χ4v) is 2.36. The van der Waals surface area contributed by atoms with Crippen LogP contribution in [0.4, 0.5) is 0 Å². The number of aromatic nitrogens is 1. The molecule has 0 saturated carbocycles. The Bertz CT molecular complexity index is 519. The lowest BCUT2D eigenvalue weighted by atomic mass is 10.0. The summed E-state index contributed by atoms with van der Waals surface area (Å²) in [5, 5.41) is 0. The molecule has 3 nitrogen and oxygen atoms in total. The lowest BCUT2D eigenvalue weighted by molar-refractivity contribution is 0.169. The van der Waals surface area contributed by atoms with Crippen molar-refractivity contribution in [2.45, 2.75) is 25.5 Å². The molecule has 4 heteroatoms. The van der Waals surface area contributed by atoms with Gasteiger partial charge in [0.05, 0.1) is 3.57 Å². The molecule has 1 aromatic carbocycles. The van der Waals surface area contributed by atoms with Gasteiger partial charge in [-0.25, -0.2) is 0 Å². The van der Waals surface area contributed by atoms with Crippen molar-refractivity contribution in [1.82, 2.24) is 4.98 Å². The maximum absolute atomic E-state index is 6.20. The molecular formula is C15H17IN2O. The molecule has 19 heavy (non-hydrogen) atoms. The number of benzene rings is 1. The standard InChI is InChI=1S/C15H17IN2O/c1-2-13(17)15(11-7-9-18-10-8-11)19-14-6-4-3-5-12(14)16/h3-10,13,15H,2,17H2,1H3. The predicted molar refractivity (Wildman–Crippen MR) is 85.0 cm³/mol. The lowest BCUT2D eigenvalue weighted by Gasteiger charge is -2.25. The third-order valence-corrected chi connectivity index (χ3v) is 3.88. The van der Waals surface area contributed by atoms with E-state index in [0.717, 1.165) is 21.3 Å². The number of rotatable bonds is 5. The first-order chi connectivity index (χ1) is 9.22. The Morgan fingerprint density at radius 2 is 1.89 bits per heavy atom. The first-order valence-electron chi connectivity index (χ1n) is 6.29. The highest BCUT2D eigenvalue weighted by Gasteiger charge is 2.21. The van der Waals surface area contributed by atoms with Crippen LogP contribution in [0.5, 0.6) is 5.75 Å². The summed E-state index contributed by atoms with van der Waals surface area (Å²) in [6.45, 7) is 2.07. The van der Waals surface area contributed by atoms with Gasteiger partial charge in [0.25, 0.3) is 0 Å². The zero-order valence-electron chi connectivity index (χ0n) is 10.8. The normalized spacial score (nSPS) is 13.8. The average molecular weight is 368 g/mol. The fraction of sp³-hybridized carbons (Fsp3) is 0.267. The van der Waals surface area contributed by atoms with E-state index in [1.165, 1.54) is 0 Å². The lowest BCUT2D eigenvalue weighted by Crippen LogP contribution is -2.31. The van der Waals surface area contributed by atoms with Gasteiger partial charge >= 0.3 is 0 Å². The summed E-state index contributed by atoms with van der Waals surface area (Å²) in [5.41, 5.74) is 7.26. The summed E-state index contributed by atoms with van der Waals surface area (Å²) < 4.78 is 7.21. The Morgan fingerprint density at radius 3 is 2.53 bits per heavy atom.